The maximum absolute atomic E-state index is 12.6. The van der Waals surface area contributed by atoms with Crippen LogP contribution in [0.2, 0.25) is 0 Å². The van der Waals surface area contributed by atoms with Gasteiger partial charge >= 0.3 is 0 Å². The third-order valence-corrected chi connectivity index (χ3v) is 1.89. The fourth-order valence-electron chi connectivity index (χ4n) is 1.26. The van der Waals surface area contributed by atoms with Crippen LogP contribution in [0.4, 0.5) is 14.6 Å². The van der Waals surface area contributed by atoms with Crippen molar-refractivity contribution in [3.8, 4) is 0 Å². The predicted octanol–water partition coefficient (Wildman–Crippen LogP) is 2.90. The van der Waals surface area contributed by atoms with Gasteiger partial charge in [-0.3, -0.25) is 0 Å². The minimum atomic E-state index is -2.50. The lowest BCUT2D eigenvalue weighted by Gasteiger charge is -2.21. The molecule has 0 aromatic carbocycles. The second kappa shape index (κ2) is 3.52. The Hall–Kier alpha value is -1.19. The van der Waals surface area contributed by atoms with Crippen molar-refractivity contribution < 1.29 is 8.78 Å². The summed E-state index contributed by atoms with van der Waals surface area (Å²) < 4.78 is 25.2. The van der Waals surface area contributed by atoms with Gasteiger partial charge in [0.05, 0.1) is 5.69 Å². The SMILES string of the molecule is CC(C)(C)c1nc(N)ccc1C(F)F. The standard InChI is InChI=1S/C10H14F2N2/c1-10(2,3)8-6(9(11)12)4-5-7(13)14-8/h4-5,9H,1-3H3,(H2,13,14). The Morgan fingerprint density at radius 2 is 1.86 bits per heavy atom. The lowest BCUT2D eigenvalue weighted by molar-refractivity contribution is 0.148. The summed E-state index contributed by atoms with van der Waals surface area (Å²) in [6.45, 7) is 5.50. The van der Waals surface area contributed by atoms with Crippen LogP contribution in [-0.4, -0.2) is 4.98 Å². The number of pyridine rings is 1. The zero-order chi connectivity index (χ0) is 10.9. The third-order valence-electron chi connectivity index (χ3n) is 1.89. The topological polar surface area (TPSA) is 38.9 Å². The van der Waals surface area contributed by atoms with Crippen LogP contribution >= 0.6 is 0 Å². The van der Waals surface area contributed by atoms with Crippen LogP contribution in [0, 0.1) is 0 Å². The number of halogens is 2. The lowest BCUT2D eigenvalue weighted by Crippen LogP contribution is -2.17. The van der Waals surface area contributed by atoms with E-state index in [1.54, 1.807) is 0 Å². The number of rotatable bonds is 1. The van der Waals surface area contributed by atoms with Crippen LogP contribution in [0.5, 0.6) is 0 Å². The largest absolute Gasteiger partial charge is 0.384 e. The summed E-state index contributed by atoms with van der Waals surface area (Å²) in [5.74, 6) is 0.277. The molecule has 0 fully saturated rings. The number of nitrogens with zero attached hydrogens (tertiary/aromatic N) is 1. The second-order valence-electron chi connectivity index (χ2n) is 4.22. The Morgan fingerprint density at radius 3 is 2.29 bits per heavy atom. The van der Waals surface area contributed by atoms with Crippen LogP contribution in [-0.2, 0) is 5.41 Å². The first-order valence-electron chi connectivity index (χ1n) is 4.37. The molecule has 4 heteroatoms. The van der Waals surface area contributed by atoms with E-state index in [0.717, 1.165) is 0 Å². The molecule has 0 bridgehead atoms. The van der Waals surface area contributed by atoms with E-state index in [1.165, 1.54) is 12.1 Å². The van der Waals surface area contributed by atoms with Gasteiger partial charge in [0.15, 0.2) is 0 Å². The first-order valence-corrected chi connectivity index (χ1v) is 4.37. The molecule has 0 aliphatic carbocycles. The maximum atomic E-state index is 12.6. The van der Waals surface area contributed by atoms with Crippen molar-refractivity contribution >= 4 is 5.82 Å². The van der Waals surface area contributed by atoms with Gasteiger partial charge in [-0.2, -0.15) is 0 Å². The van der Waals surface area contributed by atoms with E-state index in [2.05, 4.69) is 4.98 Å². The molecule has 2 N–H and O–H groups in total. The van der Waals surface area contributed by atoms with Gasteiger partial charge < -0.3 is 5.73 Å². The molecule has 2 nitrogen and oxygen atoms in total. The molecule has 78 valence electrons. The Kier molecular flexibility index (Phi) is 2.73. The molecule has 0 saturated carbocycles. The number of anilines is 1. The number of hydrogen-bond donors (Lipinski definition) is 1. The monoisotopic (exact) mass is 200 g/mol. The molecule has 0 radical (unpaired) electrons. The fourth-order valence-corrected chi connectivity index (χ4v) is 1.26. The van der Waals surface area contributed by atoms with Crippen molar-refractivity contribution in [2.24, 2.45) is 0 Å². The van der Waals surface area contributed by atoms with E-state index < -0.39 is 11.8 Å². The van der Waals surface area contributed by atoms with E-state index in [0.29, 0.717) is 5.69 Å². The van der Waals surface area contributed by atoms with E-state index in [-0.39, 0.29) is 11.4 Å². The average Bonchev–Trinajstić information content (AvgIpc) is 2.01. The van der Waals surface area contributed by atoms with Crippen molar-refractivity contribution in [2.75, 3.05) is 5.73 Å². The highest BCUT2D eigenvalue weighted by Crippen LogP contribution is 2.31. The average molecular weight is 200 g/mol. The van der Waals surface area contributed by atoms with Crippen molar-refractivity contribution in [1.82, 2.24) is 4.98 Å². The third kappa shape index (κ3) is 2.19. The van der Waals surface area contributed by atoms with Gasteiger partial charge in [-0.25, -0.2) is 13.8 Å². The summed E-state index contributed by atoms with van der Waals surface area (Å²) in [4.78, 5) is 3.96. The molecule has 0 unspecified atom stereocenters. The lowest BCUT2D eigenvalue weighted by atomic mass is 9.88. The van der Waals surface area contributed by atoms with Gasteiger partial charge in [0, 0.05) is 11.0 Å². The van der Waals surface area contributed by atoms with Gasteiger partial charge in [-0.1, -0.05) is 20.8 Å². The van der Waals surface area contributed by atoms with Crippen LogP contribution in [0.3, 0.4) is 0 Å². The van der Waals surface area contributed by atoms with Gasteiger partial charge in [-0.15, -0.1) is 0 Å². The summed E-state index contributed by atoms with van der Waals surface area (Å²) in [6.07, 6.45) is -2.50. The van der Waals surface area contributed by atoms with E-state index in [4.69, 9.17) is 5.73 Å². The summed E-state index contributed by atoms with van der Waals surface area (Å²) in [5, 5.41) is 0. The smallest absolute Gasteiger partial charge is 0.265 e. The van der Waals surface area contributed by atoms with Crippen LogP contribution in [0.25, 0.3) is 0 Å². The summed E-state index contributed by atoms with van der Waals surface area (Å²) in [7, 11) is 0. The summed E-state index contributed by atoms with van der Waals surface area (Å²) in [6, 6.07) is 2.74. The van der Waals surface area contributed by atoms with Gasteiger partial charge in [0.25, 0.3) is 6.43 Å². The zero-order valence-corrected chi connectivity index (χ0v) is 8.51. The highest BCUT2D eigenvalue weighted by molar-refractivity contribution is 5.37. The predicted molar refractivity (Wildman–Crippen MR) is 52.3 cm³/mol. The molecule has 0 spiro atoms. The van der Waals surface area contributed by atoms with E-state index >= 15 is 0 Å². The Bertz CT molecular complexity index is 329. The van der Waals surface area contributed by atoms with Crippen molar-refractivity contribution in [1.29, 1.82) is 0 Å². The molecule has 0 atom stereocenters. The number of alkyl halides is 2. The molecular formula is C10H14F2N2. The Labute approximate surface area is 82.1 Å². The van der Waals surface area contributed by atoms with Gasteiger partial charge in [0.1, 0.15) is 5.82 Å². The minimum absolute atomic E-state index is 0.0355. The zero-order valence-electron chi connectivity index (χ0n) is 8.51. The quantitative estimate of drug-likeness (QED) is 0.757. The molecule has 1 aromatic heterocycles. The summed E-state index contributed by atoms with van der Waals surface area (Å²) in [5.41, 5.74) is 5.39. The number of hydrogen-bond acceptors (Lipinski definition) is 2. The second-order valence-corrected chi connectivity index (χ2v) is 4.22. The molecule has 0 aliphatic rings. The maximum Gasteiger partial charge on any atom is 0.265 e. The minimum Gasteiger partial charge on any atom is -0.384 e. The molecule has 0 amide bonds. The Morgan fingerprint density at radius 1 is 1.29 bits per heavy atom. The fraction of sp³-hybridized carbons (Fsp3) is 0.500. The number of aromatic nitrogens is 1. The molecule has 1 rings (SSSR count). The molecule has 1 aromatic rings. The number of nitrogen functional groups attached to an aromatic ring is 1. The molecule has 0 saturated heterocycles. The van der Waals surface area contributed by atoms with Gasteiger partial charge in [-0.05, 0) is 12.1 Å². The van der Waals surface area contributed by atoms with Crippen molar-refractivity contribution in [2.45, 2.75) is 32.6 Å². The van der Waals surface area contributed by atoms with Crippen LogP contribution < -0.4 is 5.73 Å². The molecule has 1 heterocycles. The molecular weight excluding hydrogens is 186 g/mol. The first kappa shape index (κ1) is 10.9. The highest BCUT2D eigenvalue weighted by Gasteiger charge is 2.24. The number of nitrogens with two attached hydrogens (primary N) is 1. The van der Waals surface area contributed by atoms with E-state index in [9.17, 15) is 8.78 Å². The molecule has 0 aliphatic heterocycles. The Balaban J connectivity index is 3.30. The highest BCUT2D eigenvalue weighted by atomic mass is 19.3. The van der Waals surface area contributed by atoms with Crippen molar-refractivity contribution in [3.05, 3.63) is 23.4 Å². The van der Waals surface area contributed by atoms with Crippen molar-refractivity contribution in [3.63, 3.8) is 0 Å². The van der Waals surface area contributed by atoms with Crippen LogP contribution in [0.15, 0.2) is 12.1 Å². The normalized spacial score (nSPS) is 12.1. The van der Waals surface area contributed by atoms with Crippen LogP contribution in [0.1, 0.15) is 38.5 Å². The summed E-state index contributed by atoms with van der Waals surface area (Å²) >= 11 is 0. The molecule has 14 heavy (non-hydrogen) atoms. The van der Waals surface area contributed by atoms with E-state index in [1.807, 2.05) is 20.8 Å². The first-order chi connectivity index (χ1) is 6.32. The van der Waals surface area contributed by atoms with Gasteiger partial charge in [0.2, 0.25) is 0 Å².